The molecule has 0 saturated heterocycles. The average molecular weight is 313 g/mol. The molecule has 1 aromatic heterocycles. The van der Waals surface area contributed by atoms with E-state index < -0.39 is 28.5 Å². The Morgan fingerprint density at radius 2 is 2.05 bits per heavy atom. The smallest absolute Gasteiger partial charge is 0.241 e. The highest BCUT2D eigenvalue weighted by atomic mass is 32.2. The summed E-state index contributed by atoms with van der Waals surface area (Å²) in [5.74, 6) is 0.435. The fraction of sp³-hybridized carbons (Fsp3) is 0.286. The van der Waals surface area contributed by atoms with E-state index in [0.29, 0.717) is 11.5 Å². The van der Waals surface area contributed by atoms with Crippen LogP contribution in [0, 0.1) is 12.7 Å². The molecule has 21 heavy (non-hydrogen) atoms. The molecular formula is C14H16FNO4S. The lowest BCUT2D eigenvalue weighted by molar-refractivity contribution is 0.278. The number of hydrogen-bond acceptors (Lipinski definition) is 4. The summed E-state index contributed by atoms with van der Waals surface area (Å²) in [6, 6.07) is 6.00. The lowest BCUT2D eigenvalue weighted by atomic mass is 10.2. The molecule has 1 atom stereocenters. The van der Waals surface area contributed by atoms with Crippen LogP contribution in [0.3, 0.4) is 0 Å². The number of aliphatic hydroxyl groups is 1. The van der Waals surface area contributed by atoms with Gasteiger partial charge in [0.2, 0.25) is 10.0 Å². The van der Waals surface area contributed by atoms with Crippen LogP contribution in [-0.2, 0) is 16.6 Å². The number of hydrogen-bond donors (Lipinski definition) is 2. The maximum Gasteiger partial charge on any atom is 0.241 e. The van der Waals surface area contributed by atoms with Gasteiger partial charge in [0.25, 0.3) is 0 Å². The van der Waals surface area contributed by atoms with Gasteiger partial charge in [-0.1, -0.05) is 6.07 Å². The van der Waals surface area contributed by atoms with Crippen molar-refractivity contribution in [2.45, 2.75) is 31.4 Å². The number of aliphatic hydroxyl groups excluding tert-OH is 1. The predicted octanol–water partition coefficient (Wildman–Crippen LogP) is 2.26. The molecule has 0 radical (unpaired) electrons. The lowest BCUT2D eigenvalue weighted by Gasteiger charge is -2.14. The topological polar surface area (TPSA) is 79.5 Å². The Morgan fingerprint density at radius 3 is 2.62 bits per heavy atom. The van der Waals surface area contributed by atoms with Crippen LogP contribution in [0.25, 0.3) is 0 Å². The minimum Gasteiger partial charge on any atom is -0.465 e. The van der Waals surface area contributed by atoms with Crippen molar-refractivity contribution in [1.29, 1.82) is 0 Å². The van der Waals surface area contributed by atoms with Gasteiger partial charge in [0, 0.05) is 0 Å². The van der Waals surface area contributed by atoms with E-state index in [2.05, 4.69) is 4.72 Å². The van der Waals surface area contributed by atoms with Crippen LogP contribution >= 0.6 is 0 Å². The van der Waals surface area contributed by atoms with Gasteiger partial charge >= 0.3 is 0 Å². The van der Waals surface area contributed by atoms with E-state index in [9.17, 15) is 17.9 Å². The molecule has 0 aliphatic carbocycles. The molecule has 0 aliphatic rings. The Bertz CT molecular complexity index is 739. The molecule has 0 aliphatic heterocycles. The molecule has 0 bridgehead atoms. The molecule has 2 aromatic rings. The minimum absolute atomic E-state index is 0.131. The predicted molar refractivity (Wildman–Crippen MR) is 74.5 cm³/mol. The molecule has 1 unspecified atom stereocenters. The number of nitrogens with one attached hydrogen (secondary N) is 1. The van der Waals surface area contributed by atoms with Crippen LogP contribution in [-0.4, -0.2) is 13.5 Å². The molecule has 2 rings (SSSR count). The largest absolute Gasteiger partial charge is 0.465 e. The summed E-state index contributed by atoms with van der Waals surface area (Å²) in [6.45, 7) is 2.87. The van der Waals surface area contributed by atoms with Crippen molar-refractivity contribution in [3.63, 3.8) is 0 Å². The third-order valence-electron chi connectivity index (χ3n) is 3.01. The fourth-order valence-corrected chi connectivity index (χ4v) is 3.40. The van der Waals surface area contributed by atoms with Crippen molar-refractivity contribution in [1.82, 2.24) is 4.72 Å². The Hall–Kier alpha value is -1.70. The van der Waals surface area contributed by atoms with Crippen LogP contribution < -0.4 is 4.72 Å². The summed E-state index contributed by atoms with van der Waals surface area (Å²) < 4.78 is 45.7. The third-order valence-corrected chi connectivity index (χ3v) is 4.63. The van der Waals surface area contributed by atoms with Gasteiger partial charge < -0.3 is 9.52 Å². The molecule has 0 fully saturated rings. The van der Waals surface area contributed by atoms with Crippen molar-refractivity contribution in [2.75, 3.05) is 0 Å². The first-order valence-corrected chi connectivity index (χ1v) is 7.80. The van der Waals surface area contributed by atoms with Gasteiger partial charge in [-0.3, -0.25) is 0 Å². The summed E-state index contributed by atoms with van der Waals surface area (Å²) in [7, 11) is -3.97. The number of rotatable bonds is 5. The molecule has 0 amide bonds. The molecule has 0 saturated carbocycles. The molecule has 1 heterocycles. The summed E-state index contributed by atoms with van der Waals surface area (Å²) in [5, 5.41) is 9.19. The van der Waals surface area contributed by atoms with Gasteiger partial charge in [0.1, 0.15) is 17.3 Å². The average Bonchev–Trinajstić information content (AvgIpc) is 2.85. The van der Waals surface area contributed by atoms with E-state index in [1.165, 1.54) is 6.07 Å². The summed E-state index contributed by atoms with van der Waals surface area (Å²) in [5.41, 5.74) is 0.131. The monoisotopic (exact) mass is 313 g/mol. The van der Waals surface area contributed by atoms with Crippen LogP contribution in [0.2, 0.25) is 0 Å². The van der Waals surface area contributed by atoms with Crippen LogP contribution in [0.5, 0.6) is 0 Å². The highest BCUT2D eigenvalue weighted by Gasteiger charge is 2.23. The van der Waals surface area contributed by atoms with Crippen LogP contribution in [0.15, 0.2) is 39.6 Å². The quantitative estimate of drug-likeness (QED) is 0.887. The SMILES string of the molecule is Cc1ccc(C(C)NS(=O)(=O)c2cc(F)ccc2CO)o1. The first kappa shape index (κ1) is 15.7. The summed E-state index contributed by atoms with van der Waals surface area (Å²) in [6.07, 6.45) is 0. The van der Waals surface area contributed by atoms with E-state index in [0.717, 1.165) is 12.1 Å². The van der Waals surface area contributed by atoms with Crippen LogP contribution in [0.4, 0.5) is 4.39 Å². The van der Waals surface area contributed by atoms with Crippen molar-refractivity contribution in [3.05, 3.63) is 53.2 Å². The molecule has 5 nitrogen and oxygen atoms in total. The zero-order valence-electron chi connectivity index (χ0n) is 11.6. The Labute approximate surface area is 122 Å². The lowest BCUT2D eigenvalue weighted by Crippen LogP contribution is -2.27. The fourth-order valence-electron chi connectivity index (χ4n) is 1.95. The van der Waals surface area contributed by atoms with Gasteiger partial charge in [0.15, 0.2) is 0 Å². The second-order valence-electron chi connectivity index (χ2n) is 4.70. The van der Waals surface area contributed by atoms with Gasteiger partial charge in [-0.05, 0) is 43.7 Å². The molecule has 0 spiro atoms. The summed E-state index contributed by atoms with van der Waals surface area (Å²) in [4.78, 5) is -0.278. The summed E-state index contributed by atoms with van der Waals surface area (Å²) >= 11 is 0. The molecule has 114 valence electrons. The Balaban J connectivity index is 2.32. The van der Waals surface area contributed by atoms with E-state index >= 15 is 0 Å². The van der Waals surface area contributed by atoms with Gasteiger partial charge in [-0.25, -0.2) is 17.5 Å². The Kier molecular flexibility index (Phi) is 4.46. The normalized spacial score (nSPS) is 13.3. The second-order valence-corrected chi connectivity index (χ2v) is 6.38. The van der Waals surface area contributed by atoms with E-state index in [-0.39, 0.29) is 10.5 Å². The van der Waals surface area contributed by atoms with E-state index in [1.807, 2.05) is 0 Å². The zero-order valence-corrected chi connectivity index (χ0v) is 12.4. The van der Waals surface area contributed by atoms with Gasteiger partial charge in [-0.2, -0.15) is 0 Å². The van der Waals surface area contributed by atoms with E-state index in [1.54, 1.807) is 26.0 Å². The van der Waals surface area contributed by atoms with Crippen molar-refractivity contribution in [2.24, 2.45) is 0 Å². The van der Waals surface area contributed by atoms with Crippen molar-refractivity contribution >= 4 is 10.0 Å². The number of furan rings is 1. The highest BCUT2D eigenvalue weighted by molar-refractivity contribution is 7.89. The first-order chi connectivity index (χ1) is 9.83. The maximum absolute atomic E-state index is 13.3. The van der Waals surface area contributed by atoms with Gasteiger partial charge in [0.05, 0.1) is 17.5 Å². The number of benzene rings is 1. The van der Waals surface area contributed by atoms with Crippen molar-refractivity contribution < 1.29 is 22.3 Å². The van der Waals surface area contributed by atoms with Gasteiger partial charge in [-0.15, -0.1) is 0 Å². The standard InChI is InChI=1S/C14H16FNO4S/c1-9-3-6-13(20-9)10(2)16-21(18,19)14-7-12(15)5-4-11(14)8-17/h3-7,10,16-17H,8H2,1-2H3. The molecular weight excluding hydrogens is 297 g/mol. The molecule has 7 heteroatoms. The minimum atomic E-state index is -3.97. The maximum atomic E-state index is 13.3. The highest BCUT2D eigenvalue weighted by Crippen LogP contribution is 2.22. The number of halogens is 1. The Morgan fingerprint density at radius 1 is 1.33 bits per heavy atom. The third kappa shape index (κ3) is 3.49. The number of aryl methyl sites for hydroxylation is 1. The number of sulfonamides is 1. The van der Waals surface area contributed by atoms with E-state index in [4.69, 9.17) is 4.42 Å². The second kappa shape index (κ2) is 5.97. The zero-order chi connectivity index (χ0) is 15.6. The first-order valence-electron chi connectivity index (χ1n) is 6.31. The molecule has 2 N–H and O–H groups in total. The molecule has 1 aromatic carbocycles. The van der Waals surface area contributed by atoms with Crippen LogP contribution in [0.1, 0.15) is 30.0 Å². The van der Waals surface area contributed by atoms with Crippen molar-refractivity contribution in [3.8, 4) is 0 Å².